The number of aryl methyl sites for hydroxylation is 1. The minimum Gasteiger partial charge on any atom is -0.491 e. The highest BCUT2D eigenvalue weighted by Gasteiger charge is 2.14. The summed E-state index contributed by atoms with van der Waals surface area (Å²) >= 11 is 0. The predicted molar refractivity (Wildman–Crippen MR) is 84.3 cm³/mol. The van der Waals surface area contributed by atoms with Crippen LogP contribution in [0.5, 0.6) is 5.75 Å². The SMILES string of the molecule is COCCOc1ccc(NC(=O)C(N)COC)c(C)c1.Cl. The molecule has 1 amide bonds. The Morgan fingerprint density at radius 2 is 2.00 bits per heavy atom. The van der Waals surface area contributed by atoms with Gasteiger partial charge in [-0.25, -0.2) is 0 Å². The number of hydrogen-bond acceptors (Lipinski definition) is 5. The number of rotatable bonds is 8. The summed E-state index contributed by atoms with van der Waals surface area (Å²) in [5.74, 6) is 0.460. The third-order valence-electron chi connectivity index (χ3n) is 2.69. The largest absolute Gasteiger partial charge is 0.491 e. The summed E-state index contributed by atoms with van der Waals surface area (Å²) < 4.78 is 15.3. The first-order valence-electron chi connectivity index (χ1n) is 6.36. The van der Waals surface area contributed by atoms with E-state index >= 15 is 0 Å². The third-order valence-corrected chi connectivity index (χ3v) is 2.69. The second-order valence-electron chi connectivity index (χ2n) is 4.37. The van der Waals surface area contributed by atoms with Gasteiger partial charge in [0.1, 0.15) is 18.4 Å². The normalized spacial score (nSPS) is 11.4. The fourth-order valence-electron chi connectivity index (χ4n) is 1.59. The Labute approximate surface area is 131 Å². The summed E-state index contributed by atoms with van der Waals surface area (Å²) in [6, 6.07) is 4.75. The Bertz CT molecular complexity index is 443. The topological polar surface area (TPSA) is 82.8 Å². The van der Waals surface area contributed by atoms with Crippen molar-refractivity contribution in [2.45, 2.75) is 13.0 Å². The van der Waals surface area contributed by atoms with Crippen LogP contribution in [0.3, 0.4) is 0 Å². The number of carbonyl (C=O) groups is 1. The first kappa shape index (κ1) is 19.7. The van der Waals surface area contributed by atoms with Crippen LogP contribution in [-0.4, -0.2) is 46.0 Å². The smallest absolute Gasteiger partial charge is 0.243 e. The molecule has 120 valence electrons. The van der Waals surface area contributed by atoms with E-state index in [0.29, 0.717) is 18.9 Å². The van der Waals surface area contributed by atoms with Crippen molar-refractivity contribution in [1.29, 1.82) is 0 Å². The molecule has 0 aliphatic rings. The van der Waals surface area contributed by atoms with Gasteiger partial charge >= 0.3 is 0 Å². The van der Waals surface area contributed by atoms with Crippen LogP contribution < -0.4 is 15.8 Å². The molecule has 0 saturated heterocycles. The van der Waals surface area contributed by atoms with Gasteiger partial charge in [-0.3, -0.25) is 4.79 Å². The number of hydrogen-bond donors (Lipinski definition) is 2. The average molecular weight is 319 g/mol. The summed E-state index contributed by atoms with van der Waals surface area (Å²) in [5, 5.41) is 2.77. The van der Waals surface area contributed by atoms with E-state index in [2.05, 4.69) is 5.32 Å². The highest BCUT2D eigenvalue weighted by molar-refractivity contribution is 5.95. The van der Waals surface area contributed by atoms with E-state index in [0.717, 1.165) is 11.3 Å². The summed E-state index contributed by atoms with van der Waals surface area (Å²) in [4.78, 5) is 11.8. The van der Waals surface area contributed by atoms with Gasteiger partial charge in [0.2, 0.25) is 5.91 Å². The van der Waals surface area contributed by atoms with Gasteiger partial charge in [0.25, 0.3) is 0 Å². The molecule has 3 N–H and O–H groups in total. The van der Waals surface area contributed by atoms with E-state index in [1.165, 1.54) is 7.11 Å². The molecule has 0 heterocycles. The minimum atomic E-state index is -0.683. The lowest BCUT2D eigenvalue weighted by atomic mass is 10.2. The number of nitrogens with two attached hydrogens (primary N) is 1. The van der Waals surface area contributed by atoms with Crippen LogP contribution in [0.2, 0.25) is 0 Å². The van der Waals surface area contributed by atoms with Crippen LogP contribution in [-0.2, 0) is 14.3 Å². The number of amides is 1. The molecule has 1 unspecified atom stereocenters. The van der Waals surface area contributed by atoms with Gasteiger partial charge in [-0.1, -0.05) is 0 Å². The summed E-state index contributed by atoms with van der Waals surface area (Å²) in [7, 11) is 3.13. The standard InChI is InChI=1S/C14H22N2O4.ClH/c1-10-8-11(20-7-6-18-2)4-5-13(10)16-14(17)12(15)9-19-3;/h4-5,8,12H,6-7,9,15H2,1-3H3,(H,16,17);1H. The molecule has 7 heteroatoms. The monoisotopic (exact) mass is 318 g/mol. The first-order chi connectivity index (χ1) is 9.58. The second kappa shape index (κ2) is 10.4. The third kappa shape index (κ3) is 6.77. The van der Waals surface area contributed by atoms with Crippen molar-refractivity contribution in [3.8, 4) is 5.75 Å². The van der Waals surface area contributed by atoms with Crippen molar-refractivity contribution in [1.82, 2.24) is 0 Å². The zero-order chi connectivity index (χ0) is 15.0. The summed E-state index contributed by atoms with van der Waals surface area (Å²) in [5.41, 5.74) is 7.27. The number of nitrogens with one attached hydrogen (secondary N) is 1. The minimum absolute atomic E-state index is 0. The maximum Gasteiger partial charge on any atom is 0.243 e. The molecule has 0 radical (unpaired) electrons. The van der Waals surface area contributed by atoms with Crippen molar-refractivity contribution in [3.05, 3.63) is 23.8 Å². The van der Waals surface area contributed by atoms with Gasteiger partial charge in [0, 0.05) is 19.9 Å². The lowest BCUT2D eigenvalue weighted by molar-refractivity contribution is -0.118. The van der Waals surface area contributed by atoms with Crippen molar-refractivity contribution in [3.63, 3.8) is 0 Å². The fourth-order valence-corrected chi connectivity index (χ4v) is 1.59. The Morgan fingerprint density at radius 3 is 2.57 bits per heavy atom. The van der Waals surface area contributed by atoms with Gasteiger partial charge in [0.05, 0.1) is 13.2 Å². The molecule has 0 fully saturated rings. The molecule has 0 saturated carbocycles. The van der Waals surface area contributed by atoms with Gasteiger partial charge in [-0.2, -0.15) is 0 Å². The van der Waals surface area contributed by atoms with E-state index < -0.39 is 6.04 Å². The number of anilines is 1. The van der Waals surface area contributed by atoms with Gasteiger partial charge < -0.3 is 25.3 Å². The zero-order valence-corrected chi connectivity index (χ0v) is 13.4. The number of methoxy groups -OCH3 is 2. The molecule has 0 aliphatic carbocycles. The molecule has 6 nitrogen and oxygen atoms in total. The quantitative estimate of drug-likeness (QED) is 0.707. The highest BCUT2D eigenvalue weighted by Crippen LogP contribution is 2.21. The van der Waals surface area contributed by atoms with Gasteiger partial charge in [-0.15, -0.1) is 12.4 Å². The van der Waals surface area contributed by atoms with Crippen LogP contribution in [0, 0.1) is 6.92 Å². The van der Waals surface area contributed by atoms with Crippen molar-refractivity contribution >= 4 is 24.0 Å². The van der Waals surface area contributed by atoms with Crippen LogP contribution in [0.4, 0.5) is 5.69 Å². The fraction of sp³-hybridized carbons (Fsp3) is 0.500. The maximum absolute atomic E-state index is 11.8. The molecule has 0 bridgehead atoms. The number of carbonyl (C=O) groups excluding carboxylic acids is 1. The molecule has 1 aromatic carbocycles. The Balaban J connectivity index is 0.00000400. The highest BCUT2D eigenvalue weighted by atomic mass is 35.5. The van der Waals surface area contributed by atoms with E-state index in [9.17, 15) is 4.79 Å². The van der Waals surface area contributed by atoms with Crippen molar-refractivity contribution in [2.24, 2.45) is 5.73 Å². The van der Waals surface area contributed by atoms with E-state index in [-0.39, 0.29) is 24.9 Å². The molecule has 1 aromatic rings. The molecule has 0 spiro atoms. The molecule has 21 heavy (non-hydrogen) atoms. The van der Waals surface area contributed by atoms with Crippen LogP contribution in [0.15, 0.2) is 18.2 Å². The Morgan fingerprint density at radius 1 is 1.29 bits per heavy atom. The van der Waals surface area contributed by atoms with Crippen molar-refractivity contribution in [2.75, 3.05) is 39.4 Å². The molecule has 0 aromatic heterocycles. The van der Waals surface area contributed by atoms with E-state index in [1.807, 2.05) is 13.0 Å². The molecule has 1 rings (SSSR count). The molecule has 0 aliphatic heterocycles. The van der Waals surface area contributed by atoms with Crippen LogP contribution >= 0.6 is 12.4 Å². The molecule has 1 atom stereocenters. The molecular weight excluding hydrogens is 296 g/mol. The second-order valence-corrected chi connectivity index (χ2v) is 4.37. The van der Waals surface area contributed by atoms with Gasteiger partial charge in [-0.05, 0) is 30.7 Å². The maximum atomic E-state index is 11.8. The predicted octanol–water partition coefficient (Wildman–Crippen LogP) is 1.35. The average Bonchev–Trinajstić information content (AvgIpc) is 2.42. The Kier molecular flexibility index (Phi) is 9.73. The number of ether oxygens (including phenoxy) is 3. The van der Waals surface area contributed by atoms with Crippen molar-refractivity contribution < 1.29 is 19.0 Å². The first-order valence-corrected chi connectivity index (χ1v) is 6.36. The van der Waals surface area contributed by atoms with E-state index in [1.54, 1.807) is 19.2 Å². The Hall–Kier alpha value is -1.34. The lowest BCUT2D eigenvalue weighted by Gasteiger charge is -2.14. The van der Waals surface area contributed by atoms with Crippen LogP contribution in [0.1, 0.15) is 5.56 Å². The summed E-state index contributed by atoms with van der Waals surface area (Å²) in [6.45, 7) is 3.09. The van der Waals surface area contributed by atoms with Gasteiger partial charge in [0.15, 0.2) is 0 Å². The van der Waals surface area contributed by atoms with E-state index in [4.69, 9.17) is 19.9 Å². The van der Waals surface area contributed by atoms with Crippen LogP contribution in [0.25, 0.3) is 0 Å². The number of halogens is 1. The number of benzene rings is 1. The lowest BCUT2D eigenvalue weighted by Crippen LogP contribution is -2.39. The zero-order valence-electron chi connectivity index (χ0n) is 12.5. The summed E-state index contributed by atoms with van der Waals surface area (Å²) in [6.07, 6.45) is 0. The molecular formula is C14H23ClN2O4.